The van der Waals surface area contributed by atoms with Crippen molar-refractivity contribution >= 4 is 44.8 Å². The van der Waals surface area contributed by atoms with E-state index in [1.165, 1.54) is 34.3 Å². The van der Waals surface area contributed by atoms with Crippen LogP contribution in [0.2, 0.25) is 0 Å². The lowest BCUT2D eigenvalue weighted by Crippen LogP contribution is -2.43. The topological polar surface area (TPSA) is 125 Å². The van der Waals surface area contributed by atoms with E-state index < -0.39 is 21.8 Å². The molecule has 2 N–H and O–H groups in total. The van der Waals surface area contributed by atoms with Gasteiger partial charge in [-0.05, 0) is 42.5 Å². The standard InChI is InChI=1S/C22H26N4O6S/c1-4-25(5-2)33(30,31)18-10-11-20-19(12-18)26(22(29)14-32-20)13-21(28)24-17-8-6-16(7-9-17)23-15(3)27/h6-12H,4-5,13-14H2,1-3H3,(H,23,27)(H,24,28). The van der Waals surface area contributed by atoms with E-state index in [0.29, 0.717) is 30.2 Å². The van der Waals surface area contributed by atoms with Gasteiger partial charge in [0.25, 0.3) is 5.91 Å². The van der Waals surface area contributed by atoms with Gasteiger partial charge >= 0.3 is 0 Å². The van der Waals surface area contributed by atoms with Gasteiger partial charge in [-0.2, -0.15) is 4.31 Å². The fourth-order valence-corrected chi connectivity index (χ4v) is 4.89. The van der Waals surface area contributed by atoms with Crippen LogP contribution in [0.15, 0.2) is 47.4 Å². The SMILES string of the molecule is CCN(CC)S(=O)(=O)c1ccc2c(c1)N(CC(=O)Nc1ccc(NC(C)=O)cc1)C(=O)CO2. The molecule has 176 valence electrons. The highest BCUT2D eigenvalue weighted by Crippen LogP contribution is 2.35. The first-order valence-corrected chi connectivity index (χ1v) is 11.8. The predicted molar refractivity (Wildman–Crippen MR) is 124 cm³/mol. The Kier molecular flexibility index (Phi) is 7.34. The van der Waals surface area contributed by atoms with Crippen molar-refractivity contribution in [2.45, 2.75) is 25.7 Å². The highest BCUT2D eigenvalue weighted by molar-refractivity contribution is 7.89. The highest BCUT2D eigenvalue weighted by atomic mass is 32.2. The van der Waals surface area contributed by atoms with Crippen molar-refractivity contribution in [2.75, 3.05) is 41.8 Å². The Hall–Kier alpha value is -3.44. The fourth-order valence-electron chi connectivity index (χ4n) is 3.41. The Morgan fingerprint density at radius 2 is 1.64 bits per heavy atom. The van der Waals surface area contributed by atoms with Gasteiger partial charge in [-0.3, -0.25) is 19.3 Å². The summed E-state index contributed by atoms with van der Waals surface area (Å²) >= 11 is 0. The van der Waals surface area contributed by atoms with Crippen LogP contribution in [0.4, 0.5) is 17.1 Å². The smallest absolute Gasteiger partial charge is 0.265 e. The van der Waals surface area contributed by atoms with Crippen molar-refractivity contribution in [1.29, 1.82) is 0 Å². The normalized spacial score (nSPS) is 13.3. The molecule has 0 unspecified atom stereocenters. The number of benzene rings is 2. The Bertz CT molecular complexity index is 1160. The molecule has 0 bridgehead atoms. The Balaban J connectivity index is 1.81. The van der Waals surface area contributed by atoms with Crippen LogP contribution in [-0.4, -0.2) is 56.7 Å². The maximum Gasteiger partial charge on any atom is 0.265 e. The molecule has 1 aliphatic heterocycles. The highest BCUT2D eigenvalue weighted by Gasteiger charge is 2.30. The lowest BCUT2D eigenvalue weighted by molar-refractivity contribution is -0.123. The summed E-state index contributed by atoms with van der Waals surface area (Å²) in [6, 6.07) is 10.8. The second-order valence-corrected chi connectivity index (χ2v) is 9.23. The summed E-state index contributed by atoms with van der Waals surface area (Å²) in [5.41, 5.74) is 1.28. The fraction of sp³-hybridized carbons (Fsp3) is 0.318. The number of hydrogen-bond acceptors (Lipinski definition) is 6. The van der Waals surface area contributed by atoms with Crippen molar-refractivity contribution < 1.29 is 27.5 Å². The van der Waals surface area contributed by atoms with Crippen LogP contribution in [0.25, 0.3) is 0 Å². The second kappa shape index (κ2) is 10.0. The van der Waals surface area contributed by atoms with E-state index >= 15 is 0 Å². The molecule has 1 aliphatic rings. The zero-order valence-electron chi connectivity index (χ0n) is 18.6. The first-order chi connectivity index (χ1) is 15.6. The van der Waals surface area contributed by atoms with Crippen LogP contribution in [-0.2, 0) is 24.4 Å². The molecule has 3 amide bonds. The Morgan fingerprint density at radius 1 is 1.03 bits per heavy atom. The molecule has 0 fully saturated rings. The van der Waals surface area contributed by atoms with Crippen molar-refractivity contribution in [3.63, 3.8) is 0 Å². The number of fused-ring (bicyclic) bond motifs is 1. The quantitative estimate of drug-likeness (QED) is 0.603. The maximum atomic E-state index is 12.9. The van der Waals surface area contributed by atoms with Gasteiger partial charge in [0.15, 0.2) is 6.61 Å². The van der Waals surface area contributed by atoms with E-state index in [2.05, 4.69) is 10.6 Å². The van der Waals surface area contributed by atoms with Crippen molar-refractivity contribution in [3.05, 3.63) is 42.5 Å². The van der Waals surface area contributed by atoms with Gasteiger partial charge < -0.3 is 15.4 Å². The van der Waals surface area contributed by atoms with Crippen LogP contribution >= 0.6 is 0 Å². The maximum absolute atomic E-state index is 12.9. The minimum Gasteiger partial charge on any atom is -0.482 e. The average molecular weight is 475 g/mol. The van der Waals surface area contributed by atoms with Gasteiger partial charge in [0, 0.05) is 31.4 Å². The third-order valence-electron chi connectivity index (χ3n) is 5.01. The number of carbonyl (C=O) groups is 3. The number of amides is 3. The molecule has 11 heteroatoms. The molecule has 0 atom stereocenters. The van der Waals surface area contributed by atoms with Crippen molar-refractivity contribution in [2.24, 2.45) is 0 Å². The van der Waals surface area contributed by atoms with Gasteiger partial charge in [0.1, 0.15) is 12.3 Å². The van der Waals surface area contributed by atoms with Crippen molar-refractivity contribution in [1.82, 2.24) is 4.31 Å². The van der Waals surface area contributed by atoms with Crippen LogP contribution < -0.4 is 20.3 Å². The summed E-state index contributed by atoms with van der Waals surface area (Å²) < 4.78 is 32.5. The molecule has 1 heterocycles. The number of anilines is 3. The lowest BCUT2D eigenvalue weighted by atomic mass is 10.2. The molecule has 3 rings (SSSR count). The van der Waals surface area contributed by atoms with E-state index in [1.807, 2.05) is 0 Å². The summed E-state index contributed by atoms with van der Waals surface area (Å²) in [5.74, 6) is -0.823. The van der Waals surface area contributed by atoms with Gasteiger partial charge in [0.05, 0.1) is 10.6 Å². The molecule has 0 saturated carbocycles. The molecule has 0 spiro atoms. The molecular weight excluding hydrogens is 448 g/mol. The predicted octanol–water partition coefficient (Wildman–Crippen LogP) is 2.04. The van der Waals surface area contributed by atoms with Crippen molar-refractivity contribution in [3.8, 4) is 5.75 Å². The van der Waals surface area contributed by atoms with Gasteiger partial charge in [-0.25, -0.2) is 8.42 Å². The largest absolute Gasteiger partial charge is 0.482 e. The molecule has 0 radical (unpaired) electrons. The van der Waals surface area contributed by atoms with E-state index in [4.69, 9.17) is 4.74 Å². The van der Waals surface area contributed by atoms with E-state index in [-0.39, 0.29) is 29.6 Å². The van der Waals surface area contributed by atoms with Gasteiger partial charge in [0.2, 0.25) is 21.8 Å². The third kappa shape index (κ3) is 5.49. The number of rotatable bonds is 8. The van der Waals surface area contributed by atoms with Gasteiger partial charge in [-0.1, -0.05) is 13.8 Å². The van der Waals surface area contributed by atoms with E-state index in [9.17, 15) is 22.8 Å². The van der Waals surface area contributed by atoms with Gasteiger partial charge in [-0.15, -0.1) is 0 Å². The van der Waals surface area contributed by atoms with Crippen LogP contribution in [0.1, 0.15) is 20.8 Å². The molecule has 2 aromatic rings. The second-order valence-electron chi connectivity index (χ2n) is 7.29. The molecule has 10 nitrogen and oxygen atoms in total. The van der Waals surface area contributed by atoms with Crippen LogP contribution in [0.5, 0.6) is 5.75 Å². The molecule has 0 aliphatic carbocycles. The first kappa shape index (κ1) is 24.2. The number of sulfonamides is 1. The number of hydrogen-bond donors (Lipinski definition) is 2. The summed E-state index contributed by atoms with van der Waals surface area (Å²) in [5, 5.41) is 5.32. The Morgan fingerprint density at radius 3 is 2.21 bits per heavy atom. The monoisotopic (exact) mass is 474 g/mol. The lowest BCUT2D eigenvalue weighted by Gasteiger charge is -2.29. The number of nitrogens with zero attached hydrogens (tertiary/aromatic N) is 2. The minimum atomic E-state index is -3.76. The summed E-state index contributed by atoms with van der Waals surface area (Å²) in [6.07, 6.45) is 0. The van der Waals surface area contributed by atoms with E-state index in [0.717, 1.165) is 0 Å². The zero-order chi connectivity index (χ0) is 24.2. The summed E-state index contributed by atoms with van der Waals surface area (Å²) in [6.45, 7) is 4.91. The number of ether oxygens (including phenoxy) is 1. The Labute approximate surface area is 192 Å². The summed E-state index contributed by atoms with van der Waals surface area (Å²) in [4.78, 5) is 37.5. The van der Waals surface area contributed by atoms with E-state index in [1.54, 1.807) is 38.1 Å². The molecule has 33 heavy (non-hydrogen) atoms. The first-order valence-electron chi connectivity index (χ1n) is 10.4. The average Bonchev–Trinajstić information content (AvgIpc) is 2.77. The third-order valence-corrected chi connectivity index (χ3v) is 7.05. The zero-order valence-corrected chi connectivity index (χ0v) is 19.4. The van der Waals surface area contributed by atoms with Crippen LogP contribution in [0.3, 0.4) is 0 Å². The number of carbonyl (C=O) groups excluding carboxylic acids is 3. The molecule has 2 aromatic carbocycles. The molecule has 0 saturated heterocycles. The minimum absolute atomic E-state index is 0.0159. The number of nitrogens with one attached hydrogen (secondary N) is 2. The summed E-state index contributed by atoms with van der Waals surface area (Å²) in [7, 11) is -3.76. The molecular formula is C22H26N4O6S. The molecule has 0 aromatic heterocycles. The van der Waals surface area contributed by atoms with Crippen LogP contribution in [0, 0.1) is 0 Å².